The first-order valence-corrected chi connectivity index (χ1v) is 5.35. The molecule has 0 fully saturated rings. The van der Waals surface area contributed by atoms with Crippen LogP contribution in [-0.2, 0) is 16.0 Å². The Hall–Kier alpha value is -0.720. The predicted octanol–water partition coefficient (Wildman–Crippen LogP) is 1.30. The molecule has 1 N–H and O–H groups in total. The smallest absolute Gasteiger partial charge is 0.195 e. The summed E-state index contributed by atoms with van der Waals surface area (Å²) in [6, 6.07) is 0. The summed E-state index contributed by atoms with van der Waals surface area (Å²) in [6.45, 7) is 4.78. The summed E-state index contributed by atoms with van der Waals surface area (Å²) in [5.74, 6) is 0.914. The van der Waals surface area contributed by atoms with E-state index in [0.717, 1.165) is 25.4 Å². The zero-order valence-corrected chi connectivity index (χ0v) is 9.97. The molecule has 0 aliphatic heterocycles. The second-order valence-electron chi connectivity index (χ2n) is 3.19. The Balaban J connectivity index is 2.18. The van der Waals surface area contributed by atoms with E-state index in [1.807, 2.05) is 11.5 Å². The van der Waals surface area contributed by atoms with Crippen LogP contribution >= 0.6 is 12.2 Å². The summed E-state index contributed by atoms with van der Waals surface area (Å²) in [5.41, 5.74) is 0. The molecule has 15 heavy (non-hydrogen) atoms. The maximum atomic E-state index is 5.35. The predicted molar refractivity (Wildman–Crippen MR) is 59.5 cm³/mol. The molecule has 0 aliphatic rings. The summed E-state index contributed by atoms with van der Waals surface area (Å²) < 4.78 is 12.9. The lowest BCUT2D eigenvalue weighted by Gasteiger charge is -2.05. The van der Waals surface area contributed by atoms with Crippen molar-refractivity contribution >= 4 is 12.2 Å². The molecule has 0 bridgehead atoms. The molecule has 0 atom stereocenters. The monoisotopic (exact) mass is 231 g/mol. The van der Waals surface area contributed by atoms with Gasteiger partial charge >= 0.3 is 0 Å². The molecule has 0 saturated heterocycles. The van der Waals surface area contributed by atoms with Gasteiger partial charge < -0.3 is 14.0 Å². The third kappa shape index (κ3) is 4.11. The van der Waals surface area contributed by atoms with Gasteiger partial charge in [-0.25, -0.2) is 0 Å². The number of methoxy groups -OCH3 is 1. The first-order chi connectivity index (χ1) is 7.25. The fourth-order valence-electron chi connectivity index (χ4n) is 1.23. The van der Waals surface area contributed by atoms with E-state index < -0.39 is 0 Å². The van der Waals surface area contributed by atoms with Gasteiger partial charge in [0.15, 0.2) is 4.77 Å². The van der Waals surface area contributed by atoms with Crippen molar-refractivity contribution in [3.8, 4) is 0 Å². The Morgan fingerprint density at radius 1 is 1.40 bits per heavy atom. The van der Waals surface area contributed by atoms with Crippen LogP contribution in [0.4, 0.5) is 0 Å². The second kappa shape index (κ2) is 6.71. The van der Waals surface area contributed by atoms with Crippen LogP contribution < -0.4 is 0 Å². The van der Waals surface area contributed by atoms with E-state index in [1.54, 1.807) is 7.11 Å². The van der Waals surface area contributed by atoms with E-state index in [4.69, 9.17) is 21.7 Å². The number of aryl methyl sites for hydroxylation is 1. The highest BCUT2D eigenvalue weighted by Crippen LogP contribution is 1.98. The maximum Gasteiger partial charge on any atom is 0.195 e. The molecule has 1 rings (SSSR count). The quantitative estimate of drug-likeness (QED) is 0.567. The molecule has 0 amide bonds. The SMILES string of the molecule is COCCOCCCn1c(C)n[nH]c1=S. The minimum atomic E-state index is 0.643. The van der Waals surface area contributed by atoms with Crippen molar-refractivity contribution in [2.75, 3.05) is 26.9 Å². The van der Waals surface area contributed by atoms with Gasteiger partial charge in [-0.3, -0.25) is 5.10 Å². The molecule has 1 heterocycles. The van der Waals surface area contributed by atoms with E-state index in [9.17, 15) is 0 Å². The van der Waals surface area contributed by atoms with Crippen LogP contribution in [0.15, 0.2) is 0 Å². The first-order valence-electron chi connectivity index (χ1n) is 4.94. The molecule has 0 aliphatic carbocycles. The van der Waals surface area contributed by atoms with Crippen LogP contribution in [0.2, 0.25) is 0 Å². The number of ether oxygens (including phenoxy) is 2. The average Bonchev–Trinajstić information content (AvgIpc) is 2.54. The highest BCUT2D eigenvalue weighted by Gasteiger charge is 1.99. The lowest BCUT2D eigenvalue weighted by molar-refractivity contribution is 0.0679. The highest BCUT2D eigenvalue weighted by atomic mass is 32.1. The Kier molecular flexibility index (Phi) is 5.52. The number of hydrogen-bond donors (Lipinski definition) is 1. The van der Waals surface area contributed by atoms with Crippen molar-refractivity contribution in [2.24, 2.45) is 0 Å². The zero-order chi connectivity index (χ0) is 11.1. The van der Waals surface area contributed by atoms with Crippen LogP contribution in [0.1, 0.15) is 12.2 Å². The van der Waals surface area contributed by atoms with Crippen LogP contribution in [0.5, 0.6) is 0 Å². The molecule has 5 nitrogen and oxygen atoms in total. The van der Waals surface area contributed by atoms with Gasteiger partial charge in [-0.15, -0.1) is 0 Å². The maximum absolute atomic E-state index is 5.35. The lowest BCUT2D eigenvalue weighted by atomic mass is 10.4. The average molecular weight is 231 g/mol. The summed E-state index contributed by atoms with van der Waals surface area (Å²) in [7, 11) is 1.66. The number of hydrogen-bond acceptors (Lipinski definition) is 4. The van der Waals surface area contributed by atoms with Crippen molar-refractivity contribution in [2.45, 2.75) is 19.9 Å². The number of aromatic amines is 1. The van der Waals surface area contributed by atoms with Crippen LogP contribution in [-0.4, -0.2) is 41.7 Å². The van der Waals surface area contributed by atoms with E-state index in [2.05, 4.69) is 10.2 Å². The van der Waals surface area contributed by atoms with Gasteiger partial charge in [-0.2, -0.15) is 5.10 Å². The number of aromatic nitrogens is 3. The molecule has 1 aromatic rings. The van der Waals surface area contributed by atoms with Crippen molar-refractivity contribution in [3.05, 3.63) is 10.6 Å². The Morgan fingerprint density at radius 3 is 2.80 bits per heavy atom. The van der Waals surface area contributed by atoms with E-state index in [1.165, 1.54) is 0 Å². The van der Waals surface area contributed by atoms with Gasteiger partial charge in [0.05, 0.1) is 13.2 Å². The fraction of sp³-hybridized carbons (Fsp3) is 0.778. The largest absolute Gasteiger partial charge is 0.382 e. The third-order valence-electron chi connectivity index (χ3n) is 2.05. The summed E-state index contributed by atoms with van der Waals surface area (Å²) in [5, 5.41) is 6.78. The van der Waals surface area contributed by atoms with Gasteiger partial charge in [-0.1, -0.05) is 0 Å². The Bertz CT molecular complexity index is 334. The second-order valence-corrected chi connectivity index (χ2v) is 3.57. The minimum absolute atomic E-state index is 0.643. The minimum Gasteiger partial charge on any atom is -0.382 e. The van der Waals surface area contributed by atoms with E-state index in [-0.39, 0.29) is 0 Å². The van der Waals surface area contributed by atoms with Crippen LogP contribution in [0.25, 0.3) is 0 Å². The molecule has 1 aromatic heterocycles. The molecule has 6 heteroatoms. The van der Waals surface area contributed by atoms with Crippen molar-refractivity contribution in [3.63, 3.8) is 0 Å². The lowest BCUT2D eigenvalue weighted by Crippen LogP contribution is -2.07. The van der Waals surface area contributed by atoms with Crippen molar-refractivity contribution < 1.29 is 9.47 Å². The van der Waals surface area contributed by atoms with Crippen LogP contribution in [0, 0.1) is 11.7 Å². The number of nitrogens with zero attached hydrogens (tertiary/aromatic N) is 2. The summed E-state index contributed by atoms with van der Waals surface area (Å²) in [4.78, 5) is 0. The van der Waals surface area contributed by atoms with Gasteiger partial charge in [-0.05, 0) is 25.6 Å². The fourth-order valence-corrected chi connectivity index (χ4v) is 1.50. The van der Waals surface area contributed by atoms with Crippen molar-refractivity contribution in [1.29, 1.82) is 0 Å². The number of rotatable bonds is 7. The van der Waals surface area contributed by atoms with Gasteiger partial charge in [0.2, 0.25) is 0 Å². The molecule has 0 unspecified atom stereocenters. The third-order valence-corrected chi connectivity index (χ3v) is 2.36. The summed E-state index contributed by atoms with van der Waals surface area (Å²) in [6.07, 6.45) is 0.929. The molecule has 0 saturated carbocycles. The van der Waals surface area contributed by atoms with E-state index in [0.29, 0.717) is 18.0 Å². The highest BCUT2D eigenvalue weighted by molar-refractivity contribution is 7.71. The zero-order valence-electron chi connectivity index (χ0n) is 9.15. The molecular formula is C9H17N3O2S. The summed E-state index contributed by atoms with van der Waals surface area (Å²) >= 11 is 5.08. The molecule has 0 radical (unpaired) electrons. The Morgan fingerprint density at radius 2 is 2.20 bits per heavy atom. The number of nitrogens with one attached hydrogen (secondary N) is 1. The number of H-pyrrole nitrogens is 1. The molecule has 86 valence electrons. The van der Waals surface area contributed by atoms with Gasteiger partial charge in [0.25, 0.3) is 0 Å². The van der Waals surface area contributed by atoms with Gasteiger partial charge in [0, 0.05) is 20.3 Å². The standard InChI is InChI=1S/C9H17N3O2S/c1-8-10-11-9(15)12(8)4-3-5-14-7-6-13-2/h3-7H2,1-2H3,(H,11,15). The molecule has 0 spiro atoms. The Labute approximate surface area is 94.4 Å². The first kappa shape index (κ1) is 12.4. The molecular weight excluding hydrogens is 214 g/mol. The molecule has 0 aromatic carbocycles. The topological polar surface area (TPSA) is 52.1 Å². The van der Waals surface area contributed by atoms with Crippen molar-refractivity contribution in [1.82, 2.24) is 14.8 Å². The van der Waals surface area contributed by atoms with Crippen LogP contribution in [0.3, 0.4) is 0 Å². The van der Waals surface area contributed by atoms with E-state index >= 15 is 0 Å². The van der Waals surface area contributed by atoms with Gasteiger partial charge in [0.1, 0.15) is 5.82 Å². The normalized spacial score (nSPS) is 10.8.